The first-order valence-corrected chi connectivity index (χ1v) is 6.52. The van der Waals surface area contributed by atoms with Gasteiger partial charge in [0.2, 0.25) is 0 Å². The van der Waals surface area contributed by atoms with Gasteiger partial charge in [0.05, 0.1) is 11.8 Å². The first kappa shape index (κ1) is 13.7. The Balaban J connectivity index is 2.02. The molecule has 0 amide bonds. The zero-order valence-corrected chi connectivity index (χ0v) is 11.3. The van der Waals surface area contributed by atoms with Crippen molar-refractivity contribution in [1.29, 1.82) is 0 Å². The van der Waals surface area contributed by atoms with Gasteiger partial charge in [-0.15, -0.1) is 5.10 Å². The van der Waals surface area contributed by atoms with Crippen LogP contribution in [0.2, 0.25) is 0 Å². The Morgan fingerprint density at radius 3 is 2.89 bits per heavy atom. The molecule has 1 unspecified atom stereocenters. The molecule has 104 valence electrons. The second kappa shape index (κ2) is 5.97. The van der Waals surface area contributed by atoms with Crippen LogP contribution in [0.3, 0.4) is 0 Å². The first-order chi connectivity index (χ1) is 9.09. The molecule has 19 heavy (non-hydrogen) atoms. The molecule has 1 aliphatic rings. The molecule has 2 rings (SSSR count). The van der Waals surface area contributed by atoms with Gasteiger partial charge in [0.25, 0.3) is 0 Å². The van der Waals surface area contributed by atoms with Gasteiger partial charge in [-0.05, 0) is 38.7 Å². The van der Waals surface area contributed by atoms with Gasteiger partial charge in [-0.1, -0.05) is 0 Å². The number of aryl methyl sites for hydroxylation is 1. The summed E-state index contributed by atoms with van der Waals surface area (Å²) in [5.41, 5.74) is 1.50. The molecular formula is C13H19N3O3. The molecule has 1 fully saturated rings. The predicted octanol–water partition coefficient (Wildman–Crippen LogP) is 1.77. The molecule has 1 aromatic rings. The van der Waals surface area contributed by atoms with E-state index in [2.05, 4.69) is 15.5 Å². The lowest BCUT2D eigenvalue weighted by Crippen LogP contribution is -2.17. The maximum absolute atomic E-state index is 11.3. The molecule has 1 saturated heterocycles. The van der Waals surface area contributed by atoms with Crippen molar-refractivity contribution < 1.29 is 14.6 Å². The molecular weight excluding hydrogens is 246 g/mol. The zero-order valence-electron chi connectivity index (χ0n) is 11.3. The van der Waals surface area contributed by atoms with Gasteiger partial charge in [0.1, 0.15) is 5.56 Å². The van der Waals surface area contributed by atoms with Gasteiger partial charge in [0, 0.05) is 13.2 Å². The fraction of sp³-hybridized carbons (Fsp3) is 0.615. The highest BCUT2D eigenvalue weighted by molar-refractivity contribution is 5.94. The molecule has 0 aliphatic carbocycles. The lowest BCUT2D eigenvalue weighted by Gasteiger charge is -2.13. The largest absolute Gasteiger partial charge is 0.478 e. The minimum atomic E-state index is -0.977. The van der Waals surface area contributed by atoms with E-state index in [0.29, 0.717) is 23.6 Å². The van der Waals surface area contributed by atoms with E-state index in [1.54, 1.807) is 13.8 Å². The Labute approximate surface area is 112 Å². The third-order valence-corrected chi connectivity index (χ3v) is 3.45. The summed E-state index contributed by atoms with van der Waals surface area (Å²) >= 11 is 0. The maximum atomic E-state index is 11.3. The highest BCUT2D eigenvalue weighted by atomic mass is 16.5. The number of hydrogen-bond acceptors (Lipinski definition) is 5. The first-order valence-electron chi connectivity index (χ1n) is 6.52. The molecule has 0 bridgehead atoms. The van der Waals surface area contributed by atoms with Crippen molar-refractivity contribution in [3.8, 4) is 0 Å². The zero-order chi connectivity index (χ0) is 13.8. The standard InChI is InChI=1S/C13H19N3O3/c1-8-9(2)15-16-12(11(8)13(17)18)14-6-5-10-4-3-7-19-10/h10H,3-7H2,1-2H3,(H,14,16)(H,17,18). The highest BCUT2D eigenvalue weighted by Gasteiger charge is 2.19. The second-order valence-electron chi connectivity index (χ2n) is 4.79. The van der Waals surface area contributed by atoms with Crippen molar-refractivity contribution in [3.05, 3.63) is 16.8 Å². The molecule has 6 nitrogen and oxygen atoms in total. The van der Waals surface area contributed by atoms with Crippen molar-refractivity contribution in [3.63, 3.8) is 0 Å². The van der Waals surface area contributed by atoms with Crippen molar-refractivity contribution >= 4 is 11.8 Å². The molecule has 1 aromatic heterocycles. The van der Waals surface area contributed by atoms with Crippen LogP contribution in [0.25, 0.3) is 0 Å². The molecule has 0 spiro atoms. The Morgan fingerprint density at radius 2 is 2.26 bits per heavy atom. The van der Waals surface area contributed by atoms with Gasteiger partial charge < -0.3 is 15.2 Å². The van der Waals surface area contributed by atoms with Crippen molar-refractivity contribution in [1.82, 2.24) is 10.2 Å². The smallest absolute Gasteiger partial charge is 0.339 e. The van der Waals surface area contributed by atoms with Crippen molar-refractivity contribution in [2.45, 2.75) is 39.2 Å². The van der Waals surface area contributed by atoms with Crippen LogP contribution in [0.5, 0.6) is 0 Å². The Kier molecular flexibility index (Phi) is 4.31. The van der Waals surface area contributed by atoms with Crippen LogP contribution in [-0.4, -0.2) is 40.5 Å². The third-order valence-electron chi connectivity index (χ3n) is 3.45. The van der Waals surface area contributed by atoms with Crippen LogP contribution in [-0.2, 0) is 4.74 Å². The Morgan fingerprint density at radius 1 is 1.47 bits per heavy atom. The summed E-state index contributed by atoms with van der Waals surface area (Å²) in [5.74, 6) is -0.635. The fourth-order valence-electron chi connectivity index (χ4n) is 2.22. The van der Waals surface area contributed by atoms with E-state index in [0.717, 1.165) is 25.9 Å². The summed E-state index contributed by atoms with van der Waals surface area (Å²) in [6.07, 6.45) is 3.31. The maximum Gasteiger partial charge on any atom is 0.339 e. The summed E-state index contributed by atoms with van der Waals surface area (Å²) in [6.45, 7) is 4.97. The number of rotatable bonds is 5. The van der Waals surface area contributed by atoms with Crippen LogP contribution < -0.4 is 5.32 Å². The normalized spacial score (nSPS) is 18.5. The van der Waals surface area contributed by atoms with E-state index in [1.165, 1.54) is 0 Å². The number of nitrogens with one attached hydrogen (secondary N) is 1. The van der Waals surface area contributed by atoms with E-state index >= 15 is 0 Å². The number of nitrogens with zero attached hydrogens (tertiary/aromatic N) is 2. The van der Waals surface area contributed by atoms with E-state index in [1.807, 2.05) is 0 Å². The Hall–Kier alpha value is -1.69. The molecule has 1 aliphatic heterocycles. The lowest BCUT2D eigenvalue weighted by atomic mass is 10.1. The topological polar surface area (TPSA) is 84.3 Å². The summed E-state index contributed by atoms with van der Waals surface area (Å²) in [4.78, 5) is 11.3. The van der Waals surface area contributed by atoms with Crippen LogP contribution in [0.1, 0.15) is 40.9 Å². The monoisotopic (exact) mass is 265 g/mol. The van der Waals surface area contributed by atoms with E-state index in [-0.39, 0.29) is 11.7 Å². The molecule has 1 atom stereocenters. The number of aromatic nitrogens is 2. The number of carbonyl (C=O) groups is 1. The average Bonchev–Trinajstić information content (AvgIpc) is 2.86. The van der Waals surface area contributed by atoms with Gasteiger partial charge >= 0.3 is 5.97 Å². The van der Waals surface area contributed by atoms with Crippen molar-refractivity contribution in [2.75, 3.05) is 18.5 Å². The number of hydrogen-bond donors (Lipinski definition) is 2. The second-order valence-corrected chi connectivity index (χ2v) is 4.79. The molecule has 0 radical (unpaired) electrons. The number of anilines is 1. The number of carboxylic acids is 1. The molecule has 0 aromatic carbocycles. The van der Waals surface area contributed by atoms with Crippen molar-refractivity contribution in [2.24, 2.45) is 0 Å². The lowest BCUT2D eigenvalue weighted by molar-refractivity contribution is 0.0696. The highest BCUT2D eigenvalue weighted by Crippen LogP contribution is 2.19. The van der Waals surface area contributed by atoms with Gasteiger partial charge in [0.15, 0.2) is 5.82 Å². The van der Waals surface area contributed by atoms with Crippen LogP contribution in [0, 0.1) is 13.8 Å². The minimum absolute atomic E-state index is 0.208. The molecule has 6 heteroatoms. The van der Waals surface area contributed by atoms with Gasteiger partial charge in [-0.3, -0.25) is 0 Å². The Bertz CT molecular complexity index is 470. The van der Waals surface area contributed by atoms with E-state index < -0.39 is 5.97 Å². The fourth-order valence-corrected chi connectivity index (χ4v) is 2.22. The van der Waals surface area contributed by atoms with Crippen LogP contribution >= 0.6 is 0 Å². The van der Waals surface area contributed by atoms with Crippen LogP contribution in [0.15, 0.2) is 0 Å². The summed E-state index contributed by atoms with van der Waals surface area (Å²) in [6, 6.07) is 0. The molecule has 2 N–H and O–H groups in total. The van der Waals surface area contributed by atoms with E-state index in [9.17, 15) is 9.90 Å². The van der Waals surface area contributed by atoms with Gasteiger partial charge in [-0.25, -0.2) is 4.79 Å². The quantitative estimate of drug-likeness (QED) is 0.844. The third kappa shape index (κ3) is 3.20. The molecule has 2 heterocycles. The number of aromatic carboxylic acids is 1. The summed E-state index contributed by atoms with van der Waals surface area (Å²) in [5, 5.41) is 20.2. The van der Waals surface area contributed by atoms with Gasteiger partial charge in [-0.2, -0.15) is 5.10 Å². The summed E-state index contributed by atoms with van der Waals surface area (Å²) in [7, 11) is 0. The average molecular weight is 265 g/mol. The SMILES string of the molecule is Cc1nnc(NCCC2CCCO2)c(C(=O)O)c1C. The molecule has 0 saturated carbocycles. The number of ether oxygens (including phenoxy) is 1. The number of carboxylic acid groups (broad SMARTS) is 1. The minimum Gasteiger partial charge on any atom is -0.478 e. The van der Waals surface area contributed by atoms with E-state index in [4.69, 9.17) is 4.74 Å². The van der Waals surface area contributed by atoms with Crippen LogP contribution in [0.4, 0.5) is 5.82 Å². The summed E-state index contributed by atoms with van der Waals surface area (Å²) < 4.78 is 5.52. The predicted molar refractivity (Wildman–Crippen MR) is 70.5 cm³/mol.